The summed E-state index contributed by atoms with van der Waals surface area (Å²) in [5.41, 5.74) is -3.65. The van der Waals surface area contributed by atoms with Crippen molar-refractivity contribution in [2.45, 2.75) is 6.43 Å². The maximum Gasteiger partial charge on any atom is 0.341 e. The topological polar surface area (TPSA) is 70.2 Å². The van der Waals surface area contributed by atoms with Crippen LogP contribution < -0.4 is 5.43 Å². The van der Waals surface area contributed by atoms with Gasteiger partial charge in [-0.05, 0) is 0 Å². The van der Waals surface area contributed by atoms with Crippen molar-refractivity contribution < 1.29 is 23.1 Å². The average Bonchev–Trinajstić information content (AvgIpc) is 2.01. The van der Waals surface area contributed by atoms with Crippen molar-refractivity contribution in [1.82, 2.24) is 4.98 Å². The van der Waals surface area contributed by atoms with E-state index in [1.54, 1.807) is 0 Å². The maximum atomic E-state index is 12.4. The molecule has 0 aromatic carbocycles. The number of carboxylic acid groups (broad SMARTS) is 1. The molecule has 0 saturated heterocycles. The first-order valence-electron chi connectivity index (χ1n) is 3.37. The van der Waals surface area contributed by atoms with Crippen molar-refractivity contribution in [3.05, 3.63) is 33.5 Å². The van der Waals surface area contributed by atoms with Crippen LogP contribution in [0, 0.1) is 5.95 Å². The first kappa shape index (κ1) is 10.3. The minimum atomic E-state index is -3.25. The van der Waals surface area contributed by atoms with E-state index in [1.165, 1.54) is 4.98 Å². The summed E-state index contributed by atoms with van der Waals surface area (Å²) in [4.78, 5) is 22.7. The van der Waals surface area contributed by atoms with Gasteiger partial charge in [0.25, 0.3) is 6.43 Å². The molecule has 0 unspecified atom stereocenters. The van der Waals surface area contributed by atoms with Gasteiger partial charge in [0.1, 0.15) is 11.3 Å². The molecule has 1 rings (SSSR count). The molecule has 1 aromatic heterocycles. The summed E-state index contributed by atoms with van der Waals surface area (Å²) in [6.07, 6.45) is -3.25. The Morgan fingerprint density at radius 3 is 2.50 bits per heavy atom. The molecule has 7 heteroatoms. The summed E-state index contributed by atoms with van der Waals surface area (Å²) in [5, 5.41) is 8.41. The van der Waals surface area contributed by atoms with E-state index in [2.05, 4.69) is 0 Å². The Balaban J connectivity index is 3.53. The monoisotopic (exact) mass is 207 g/mol. The van der Waals surface area contributed by atoms with E-state index in [0.29, 0.717) is 6.07 Å². The third-order valence-electron chi connectivity index (χ3n) is 1.46. The van der Waals surface area contributed by atoms with E-state index in [0.717, 1.165) is 0 Å². The van der Waals surface area contributed by atoms with Crippen LogP contribution in [0.15, 0.2) is 10.9 Å². The lowest BCUT2D eigenvalue weighted by Crippen LogP contribution is -2.20. The van der Waals surface area contributed by atoms with Gasteiger partial charge < -0.3 is 10.1 Å². The number of alkyl halides is 2. The molecule has 0 bridgehead atoms. The fourth-order valence-corrected chi connectivity index (χ4v) is 0.931. The van der Waals surface area contributed by atoms with Gasteiger partial charge in [-0.25, -0.2) is 13.6 Å². The summed E-state index contributed by atoms with van der Waals surface area (Å²) in [6.45, 7) is 0. The second-order valence-electron chi connectivity index (χ2n) is 2.38. The highest BCUT2D eigenvalue weighted by molar-refractivity contribution is 5.88. The minimum absolute atomic E-state index is 0.301. The van der Waals surface area contributed by atoms with E-state index in [1.807, 2.05) is 0 Å². The molecular formula is C7H4F3NO3. The molecule has 2 N–H and O–H groups in total. The SMILES string of the molecule is O=C(O)c1c(C(F)F)[nH]c(F)cc1=O. The number of nitrogens with one attached hydrogen (secondary N) is 1. The third kappa shape index (κ3) is 1.76. The smallest absolute Gasteiger partial charge is 0.341 e. The van der Waals surface area contributed by atoms with Gasteiger partial charge in [-0.3, -0.25) is 4.79 Å². The van der Waals surface area contributed by atoms with Crippen LogP contribution in [0.25, 0.3) is 0 Å². The molecule has 0 spiro atoms. The van der Waals surface area contributed by atoms with Gasteiger partial charge in [-0.15, -0.1) is 0 Å². The molecule has 0 aliphatic carbocycles. The van der Waals surface area contributed by atoms with E-state index >= 15 is 0 Å². The standard InChI is InChI=1S/C7H4F3NO3/c8-3-1-2(12)4(7(13)14)5(11-3)6(9)10/h1,6H,(H,11,12)(H,13,14). The van der Waals surface area contributed by atoms with Crippen molar-refractivity contribution >= 4 is 5.97 Å². The van der Waals surface area contributed by atoms with Gasteiger partial charge in [0.05, 0.1) is 0 Å². The zero-order valence-electron chi connectivity index (χ0n) is 6.55. The number of aromatic amines is 1. The molecule has 4 nitrogen and oxygen atoms in total. The third-order valence-corrected chi connectivity index (χ3v) is 1.46. The summed E-state index contributed by atoms with van der Waals surface area (Å²) in [5.74, 6) is -3.11. The molecule has 0 fully saturated rings. The maximum absolute atomic E-state index is 12.4. The lowest BCUT2D eigenvalue weighted by atomic mass is 10.2. The molecule has 0 saturated carbocycles. The van der Waals surface area contributed by atoms with Crippen LogP contribution in [0.2, 0.25) is 0 Å². The number of pyridine rings is 1. The second kappa shape index (κ2) is 3.52. The van der Waals surface area contributed by atoms with E-state index in [4.69, 9.17) is 5.11 Å². The van der Waals surface area contributed by atoms with Crippen molar-refractivity contribution in [3.8, 4) is 0 Å². The Labute approximate surface area is 75.0 Å². The molecule has 14 heavy (non-hydrogen) atoms. The Kier molecular flexibility index (Phi) is 2.59. The fraction of sp³-hybridized carbons (Fsp3) is 0.143. The number of hydrogen-bond donors (Lipinski definition) is 2. The molecule has 0 aliphatic rings. The number of aromatic carboxylic acids is 1. The van der Waals surface area contributed by atoms with E-state index in [9.17, 15) is 22.8 Å². The molecule has 0 radical (unpaired) electrons. The lowest BCUT2D eigenvalue weighted by Gasteiger charge is -2.03. The molecule has 0 atom stereocenters. The van der Waals surface area contributed by atoms with E-state index in [-0.39, 0.29) is 0 Å². The van der Waals surface area contributed by atoms with Crippen LogP contribution in [-0.2, 0) is 0 Å². The average molecular weight is 207 g/mol. The van der Waals surface area contributed by atoms with Crippen molar-refractivity contribution in [1.29, 1.82) is 0 Å². The molecular weight excluding hydrogens is 203 g/mol. The number of rotatable bonds is 2. The van der Waals surface area contributed by atoms with E-state index < -0.39 is 35.0 Å². The molecule has 0 amide bonds. The highest BCUT2D eigenvalue weighted by atomic mass is 19.3. The second-order valence-corrected chi connectivity index (χ2v) is 2.38. The minimum Gasteiger partial charge on any atom is -0.477 e. The number of halogens is 3. The number of H-pyrrole nitrogens is 1. The number of carbonyl (C=O) groups is 1. The van der Waals surface area contributed by atoms with Crippen LogP contribution in [-0.4, -0.2) is 16.1 Å². The number of carboxylic acids is 1. The Hall–Kier alpha value is -1.79. The van der Waals surface area contributed by atoms with Crippen molar-refractivity contribution in [3.63, 3.8) is 0 Å². The predicted octanol–water partition coefficient (Wildman–Crippen LogP) is 1.15. The normalized spacial score (nSPS) is 10.6. The van der Waals surface area contributed by atoms with Gasteiger partial charge in [0, 0.05) is 6.07 Å². The predicted molar refractivity (Wildman–Crippen MR) is 38.9 cm³/mol. The molecule has 1 aromatic rings. The first-order chi connectivity index (χ1) is 6.43. The van der Waals surface area contributed by atoms with Gasteiger partial charge in [0.15, 0.2) is 11.4 Å². The van der Waals surface area contributed by atoms with Crippen molar-refractivity contribution in [2.75, 3.05) is 0 Å². The largest absolute Gasteiger partial charge is 0.477 e. The van der Waals surface area contributed by atoms with Crippen LogP contribution in [0.3, 0.4) is 0 Å². The Morgan fingerprint density at radius 2 is 2.07 bits per heavy atom. The summed E-state index contributed by atoms with van der Waals surface area (Å²) in [7, 11) is 0. The van der Waals surface area contributed by atoms with Crippen LogP contribution in [0.5, 0.6) is 0 Å². The summed E-state index contributed by atoms with van der Waals surface area (Å²) >= 11 is 0. The van der Waals surface area contributed by atoms with Gasteiger partial charge in [0.2, 0.25) is 0 Å². The van der Waals surface area contributed by atoms with Crippen molar-refractivity contribution in [2.24, 2.45) is 0 Å². The van der Waals surface area contributed by atoms with Gasteiger partial charge >= 0.3 is 5.97 Å². The highest BCUT2D eigenvalue weighted by Gasteiger charge is 2.22. The quantitative estimate of drug-likeness (QED) is 0.714. The van der Waals surface area contributed by atoms with Crippen LogP contribution in [0.1, 0.15) is 22.5 Å². The highest BCUT2D eigenvalue weighted by Crippen LogP contribution is 2.18. The van der Waals surface area contributed by atoms with Crippen LogP contribution in [0.4, 0.5) is 13.2 Å². The van der Waals surface area contributed by atoms with Crippen LogP contribution >= 0.6 is 0 Å². The zero-order chi connectivity index (χ0) is 10.9. The van der Waals surface area contributed by atoms with Gasteiger partial charge in [-0.1, -0.05) is 0 Å². The summed E-state index contributed by atoms with van der Waals surface area (Å²) < 4.78 is 36.7. The fourth-order valence-electron chi connectivity index (χ4n) is 0.931. The Bertz CT molecular complexity index is 427. The number of hydrogen-bond acceptors (Lipinski definition) is 2. The molecule has 1 heterocycles. The first-order valence-corrected chi connectivity index (χ1v) is 3.37. The van der Waals surface area contributed by atoms with Gasteiger partial charge in [-0.2, -0.15) is 4.39 Å². The molecule has 76 valence electrons. The zero-order valence-corrected chi connectivity index (χ0v) is 6.55. The Morgan fingerprint density at radius 1 is 1.50 bits per heavy atom. The lowest BCUT2D eigenvalue weighted by molar-refractivity contribution is 0.0680. The molecule has 0 aliphatic heterocycles. The summed E-state index contributed by atoms with van der Waals surface area (Å²) in [6, 6.07) is 0.301. The number of aromatic nitrogens is 1.